The van der Waals surface area contributed by atoms with Gasteiger partial charge in [0.25, 0.3) is 6.47 Å². The lowest BCUT2D eigenvalue weighted by atomic mass is 9.94. The van der Waals surface area contributed by atoms with E-state index in [1.165, 1.54) is 11.1 Å². The lowest BCUT2D eigenvalue weighted by Gasteiger charge is -2.19. The minimum atomic E-state index is -0.360. The molecule has 0 saturated heterocycles. The van der Waals surface area contributed by atoms with Gasteiger partial charge in [-0.15, -0.1) is 0 Å². The van der Waals surface area contributed by atoms with Crippen LogP contribution >= 0.6 is 0 Å². The summed E-state index contributed by atoms with van der Waals surface area (Å²) >= 11 is 0. The predicted octanol–water partition coefficient (Wildman–Crippen LogP) is 3.19. The highest BCUT2D eigenvalue weighted by Gasteiger charge is 2.18. The standard InChI is InChI=1S/C17H16N2O2/c20-12-21-17(16-7-1-2-9-19-16)11-13-5-3-8-15-14(13)6-4-10-18-15/h1-3,5,7-10,12,17H,4,6,11H2. The monoisotopic (exact) mass is 280 g/mol. The van der Waals surface area contributed by atoms with E-state index in [1.807, 2.05) is 36.5 Å². The minimum absolute atomic E-state index is 0.360. The Hall–Kier alpha value is -2.49. The van der Waals surface area contributed by atoms with Crippen LogP contribution in [0.15, 0.2) is 47.6 Å². The van der Waals surface area contributed by atoms with Crippen LogP contribution in [0.3, 0.4) is 0 Å². The Balaban J connectivity index is 1.90. The van der Waals surface area contributed by atoms with Crippen LogP contribution < -0.4 is 0 Å². The molecular weight excluding hydrogens is 264 g/mol. The highest BCUT2D eigenvalue weighted by molar-refractivity contribution is 5.69. The first kappa shape index (κ1) is 13.5. The van der Waals surface area contributed by atoms with Crippen molar-refractivity contribution in [1.29, 1.82) is 0 Å². The molecule has 0 amide bonds. The van der Waals surface area contributed by atoms with Crippen LogP contribution in [-0.2, 0) is 22.4 Å². The maximum atomic E-state index is 10.8. The second-order valence-electron chi connectivity index (χ2n) is 4.94. The van der Waals surface area contributed by atoms with Crippen LogP contribution in [0.1, 0.15) is 29.3 Å². The van der Waals surface area contributed by atoms with Gasteiger partial charge in [0, 0.05) is 18.8 Å². The highest BCUT2D eigenvalue weighted by Crippen LogP contribution is 2.30. The smallest absolute Gasteiger partial charge is 0.293 e. The Morgan fingerprint density at radius 2 is 2.19 bits per heavy atom. The van der Waals surface area contributed by atoms with Crippen molar-refractivity contribution in [2.75, 3.05) is 0 Å². The van der Waals surface area contributed by atoms with E-state index >= 15 is 0 Å². The molecule has 0 saturated carbocycles. The largest absolute Gasteiger partial charge is 0.458 e. The number of aromatic nitrogens is 1. The van der Waals surface area contributed by atoms with Gasteiger partial charge in [-0.3, -0.25) is 14.8 Å². The van der Waals surface area contributed by atoms with Gasteiger partial charge in [-0.2, -0.15) is 0 Å². The summed E-state index contributed by atoms with van der Waals surface area (Å²) in [6.45, 7) is 0.493. The molecule has 1 aromatic heterocycles. The SMILES string of the molecule is O=COC(Cc1cccc2c1CCC=N2)c1ccccn1. The molecule has 1 aliphatic heterocycles. The molecule has 1 atom stereocenters. The summed E-state index contributed by atoms with van der Waals surface area (Å²) in [7, 11) is 0. The molecule has 4 heteroatoms. The van der Waals surface area contributed by atoms with E-state index < -0.39 is 0 Å². The number of hydrogen-bond acceptors (Lipinski definition) is 4. The number of carbonyl (C=O) groups excluding carboxylic acids is 1. The number of fused-ring (bicyclic) bond motifs is 1. The average Bonchev–Trinajstić information content (AvgIpc) is 2.55. The molecule has 21 heavy (non-hydrogen) atoms. The molecular formula is C17H16N2O2. The van der Waals surface area contributed by atoms with Gasteiger partial charge in [0.1, 0.15) is 6.10 Å². The van der Waals surface area contributed by atoms with Gasteiger partial charge in [-0.05, 0) is 42.2 Å². The summed E-state index contributed by atoms with van der Waals surface area (Å²) in [4.78, 5) is 19.5. The number of benzene rings is 1. The molecule has 1 aromatic carbocycles. The van der Waals surface area contributed by atoms with Gasteiger partial charge >= 0.3 is 0 Å². The van der Waals surface area contributed by atoms with Crippen LogP contribution in [0, 0.1) is 0 Å². The summed E-state index contributed by atoms with van der Waals surface area (Å²) in [5, 5.41) is 0. The summed E-state index contributed by atoms with van der Waals surface area (Å²) in [5.41, 5.74) is 4.20. The van der Waals surface area contributed by atoms with Crippen molar-refractivity contribution in [3.05, 3.63) is 59.4 Å². The Bertz CT molecular complexity index is 653. The maximum absolute atomic E-state index is 10.8. The van der Waals surface area contributed by atoms with E-state index in [9.17, 15) is 4.79 Å². The fraction of sp³-hybridized carbons (Fsp3) is 0.235. The molecule has 2 aromatic rings. The summed E-state index contributed by atoms with van der Waals surface area (Å²) in [6, 6.07) is 11.7. The molecule has 0 spiro atoms. The topological polar surface area (TPSA) is 51.5 Å². The lowest BCUT2D eigenvalue weighted by Crippen LogP contribution is -2.11. The first-order valence-corrected chi connectivity index (χ1v) is 7.02. The normalized spacial score (nSPS) is 14.3. The fourth-order valence-corrected chi connectivity index (χ4v) is 2.65. The molecule has 4 nitrogen and oxygen atoms in total. The third kappa shape index (κ3) is 2.99. The molecule has 106 valence electrons. The van der Waals surface area contributed by atoms with Gasteiger partial charge in [0.15, 0.2) is 0 Å². The van der Waals surface area contributed by atoms with Crippen LogP contribution in [0.2, 0.25) is 0 Å². The Morgan fingerprint density at radius 1 is 1.24 bits per heavy atom. The number of aliphatic imine (C=N–C) groups is 1. The first-order valence-electron chi connectivity index (χ1n) is 7.02. The molecule has 0 radical (unpaired) electrons. The molecule has 3 rings (SSSR count). The molecule has 2 heterocycles. The van der Waals surface area contributed by atoms with Gasteiger partial charge in [-0.25, -0.2) is 0 Å². The highest BCUT2D eigenvalue weighted by atomic mass is 16.5. The van der Waals surface area contributed by atoms with Crippen molar-refractivity contribution in [2.45, 2.75) is 25.4 Å². The maximum Gasteiger partial charge on any atom is 0.293 e. The Kier molecular flexibility index (Phi) is 4.05. The van der Waals surface area contributed by atoms with E-state index in [1.54, 1.807) is 6.20 Å². The van der Waals surface area contributed by atoms with Gasteiger partial charge in [0.05, 0.1) is 11.4 Å². The molecule has 0 bridgehead atoms. The van der Waals surface area contributed by atoms with Gasteiger partial charge in [0.2, 0.25) is 0 Å². The number of ether oxygens (including phenoxy) is 1. The number of pyridine rings is 1. The number of hydrogen-bond donors (Lipinski definition) is 0. The van der Waals surface area contributed by atoms with E-state index in [4.69, 9.17) is 4.74 Å². The van der Waals surface area contributed by atoms with Crippen molar-refractivity contribution in [1.82, 2.24) is 4.98 Å². The third-order valence-electron chi connectivity index (χ3n) is 3.64. The quantitative estimate of drug-likeness (QED) is 0.790. The minimum Gasteiger partial charge on any atom is -0.458 e. The Labute approximate surface area is 123 Å². The van der Waals surface area contributed by atoms with E-state index in [0.717, 1.165) is 24.2 Å². The third-order valence-corrected chi connectivity index (χ3v) is 3.64. The zero-order valence-corrected chi connectivity index (χ0v) is 11.6. The second-order valence-corrected chi connectivity index (χ2v) is 4.94. The van der Waals surface area contributed by atoms with Crippen molar-refractivity contribution in [3.8, 4) is 0 Å². The van der Waals surface area contributed by atoms with Crippen LogP contribution in [0.4, 0.5) is 5.69 Å². The summed E-state index contributed by atoms with van der Waals surface area (Å²) < 4.78 is 5.24. The molecule has 1 unspecified atom stereocenters. The zero-order valence-electron chi connectivity index (χ0n) is 11.6. The molecule has 0 aliphatic carbocycles. The lowest BCUT2D eigenvalue weighted by molar-refractivity contribution is -0.134. The number of nitrogens with zero attached hydrogens (tertiary/aromatic N) is 2. The summed E-state index contributed by atoms with van der Waals surface area (Å²) in [5.74, 6) is 0. The van der Waals surface area contributed by atoms with Crippen molar-refractivity contribution >= 4 is 18.4 Å². The predicted molar refractivity (Wildman–Crippen MR) is 80.7 cm³/mol. The number of rotatable bonds is 5. The van der Waals surface area contributed by atoms with Crippen LogP contribution in [-0.4, -0.2) is 17.7 Å². The van der Waals surface area contributed by atoms with E-state index in [0.29, 0.717) is 12.9 Å². The first-order chi connectivity index (χ1) is 10.4. The molecule has 0 fully saturated rings. The average molecular weight is 280 g/mol. The van der Waals surface area contributed by atoms with E-state index in [-0.39, 0.29) is 6.10 Å². The summed E-state index contributed by atoms with van der Waals surface area (Å²) in [6.07, 6.45) is 5.85. The van der Waals surface area contributed by atoms with Crippen molar-refractivity contribution in [3.63, 3.8) is 0 Å². The second kappa shape index (κ2) is 6.31. The van der Waals surface area contributed by atoms with Crippen molar-refractivity contribution < 1.29 is 9.53 Å². The molecule has 1 aliphatic rings. The van der Waals surface area contributed by atoms with E-state index in [2.05, 4.69) is 16.0 Å². The van der Waals surface area contributed by atoms with Crippen molar-refractivity contribution in [2.24, 2.45) is 4.99 Å². The Morgan fingerprint density at radius 3 is 3.00 bits per heavy atom. The number of carbonyl (C=O) groups is 1. The van der Waals surface area contributed by atoms with Gasteiger partial charge < -0.3 is 4.74 Å². The van der Waals surface area contributed by atoms with Gasteiger partial charge in [-0.1, -0.05) is 18.2 Å². The molecule has 0 N–H and O–H groups in total. The van der Waals surface area contributed by atoms with Crippen LogP contribution in [0.5, 0.6) is 0 Å². The zero-order chi connectivity index (χ0) is 14.5. The van der Waals surface area contributed by atoms with Crippen LogP contribution in [0.25, 0.3) is 0 Å². The fourth-order valence-electron chi connectivity index (χ4n) is 2.65.